The third-order valence-electron chi connectivity index (χ3n) is 3.96. The number of rotatable bonds is 6. The van der Waals surface area contributed by atoms with Crippen LogP contribution in [0, 0.1) is 22.7 Å². The summed E-state index contributed by atoms with van der Waals surface area (Å²) in [7, 11) is -0.640. The van der Waals surface area contributed by atoms with E-state index in [1.165, 1.54) is 12.8 Å². The van der Waals surface area contributed by atoms with Crippen molar-refractivity contribution >= 4 is 10.8 Å². The van der Waals surface area contributed by atoms with E-state index in [1.807, 2.05) is 13.8 Å². The molecule has 0 aromatic carbocycles. The van der Waals surface area contributed by atoms with Gasteiger partial charge in [-0.25, -0.2) is 0 Å². The van der Waals surface area contributed by atoms with Crippen molar-refractivity contribution in [3.63, 3.8) is 0 Å². The molecule has 3 atom stereocenters. The van der Waals surface area contributed by atoms with Crippen LogP contribution in [0.2, 0.25) is 0 Å². The van der Waals surface area contributed by atoms with Gasteiger partial charge in [-0.05, 0) is 45.4 Å². The molecular weight excluding hydrogens is 242 g/mol. The van der Waals surface area contributed by atoms with E-state index in [4.69, 9.17) is 5.26 Å². The molecule has 1 rings (SSSR count). The van der Waals surface area contributed by atoms with Crippen LogP contribution in [-0.4, -0.2) is 15.2 Å². The third-order valence-corrected chi connectivity index (χ3v) is 5.82. The second-order valence-electron chi connectivity index (χ2n) is 6.43. The molecule has 0 radical (unpaired) electrons. The summed E-state index contributed by atoms with van der Waals surface area (Å²) in [6, 6.07) is 2.32. The van der Waals surface area contributed by atoms with Crippen molar-refractivity contribution in [2.45, 2.75) is 71.0 Å². The molecule has 18 heavy (non-hydrogen) atoms. The van der Waals surface area contributed by atoms with E-state index in [2.05, 4.69) is 13.0 Å². The lowest BCUT2D eigenvalue weighted by atomic mass is 9.89. The number of nitriles is 1. The molecular formula is C15H27NOS. The highest BCUT2D eigenvalue weighted by Gasteiger charge is 2.23. The Hall–Kier alpha value is -0.360. The van der Waals surface area contributed by atoms with Crippen LogP contribution in [0.5, 0.6) is 0 Å². The monoisotopic (exact) mass is 269 g/mol. The Bertz CT molecular complexity index is 319. The van der Waals surface area contributed by atoms with Gasteiger partial charge in [-0.3, -0.25) is 4.21 Å². The fourth-order valence-electron chi connectivity index (χ4n) is 2.65. The second-order valence-corrected chi connectivity index (χ2v) is 8.27. The summed E-state index contributed by atoms with van der Waals surface area (Å²) in [5.74, 6) is 1.59. The van der Waals surface area contributed by atoms with E-state index in [0.717, 1.165) is 43.8 Å². The maximum Gasteiger partial charge on any atom is 0.0683 e. The van der Waals surface area contributed by atoms with Crippen LogP contribution >= 0.6 is 0 Å². The van der Waals surface area contributed by atoms with Crippen molar-refractivity contribution in [2.75, 3.05) is 5.75 Å². The first-order valence-electron chi connectivity index (χ1n) is 7.23. The highest BCUT2D eigenvalue weighted by atomic mass is 32.2. The first-order chi connectivity index (χ1) is 8.44. The fourth-order valence-corrected chi connectivity index (χ4v) is 4.45. The van der Waals surface area contributed by atoms with Crippen molar-refractivity contribution in [1.82, 2.24) is 0 Å². The van der Waals surface area contributed by atoms with Crippen LogP contribution in [0.25, 0.3) is 0 Å². The van der Waals surface area contributed by atoms with Gasteiger partial charge in [-0.2, -0.15) is 5.26 Å². The summed E-state index contributed by atoms with van der Waals surface area (Å²) in [4.78, 5) is 0. The van der Waals surface area contributed by atoms with Gasteiger partial charge in [0.05, 0.1) is 11.5 Å². The lowest BCUT2D eigenvalue weighted by molar-refractivity contribution is 0.388. The molecule has 0 aromatic rings. The lowest BCUT2D eigenvalue weighted by Gasteiger charge is -2.26. The smallest absolute Gasteiger partial charge is 0.0683 e. The van der Waals surface area contributed by atoms with E-state index in [0.29, 0.717) is 5.25 Å². The van der Waals surface area contributed by atoms with Gasteiger partial charge in [0.25, 0.3) is 0 Å². The van der Waals surface area contributed by atoms with Crippen LogP contribution in [0.15, 0.2) is 0 Å². The van der Waals surface area contributed by atoms with Gasteiger partial charge >= 0.3 is 0 Å². The molecule has 0 aliphatic heterocycles. The maximum absolute atomic E-state index is 12.2. The number of hydrogen-bond donors (Lipinski definition) is 0. The Kier molecular flexibility index (Phi) is 6.35. The molecule has 0 spiro atoms. The molecule has 0 bridgehead atoms. The van der Waals surface area contributed by atoms with Crippen LogP contribution in [0.3, 0.4) is 0 Å². The van der Waals surface area contributed by atoms with E-state index in [9.17, 15) is 4.21 Å². The Morgan fingerprint density at radius 3 is 2.67 bits per heavy atom. The number of nitrogens with zero attached hydrogens (tertiary/aromatic N) is 1. The van der Waals surface area contributed by atoms with Gasteiger partial charge in [0.2, 0.25) is 0 Å². The summed E-state index contributed by atoms with van der Waals surface area (Å²) in [6.45, 7) is 6.23. The van der Waals surface area contributed by atoms with Crippen molar-refractivity contribution in [1.29, 1.82) is 5.26 Å². The van der Waals surface area contributed by atoms with Crippen molar-refractivity contribution in [3.05, 3.63) is 0 Å². The molecule has 0 N–H and O–H groups in total. The molecule has 2 nitrogen and oxygen atoms in total. The van der Waals surface area contributed by atoms with E-state index in [1.54, 1.807) is 0 Å². The molecule has 0 amide bonds. The van der Waals surface area contributed by atoms with E-state index in [-0.39, 0.29) is 5.41 Å². The average Bonchev–Trinajstić information content (AvgIpc) is 2.34. The quantitative estimate of drug-likeness (QED) is 0.683. The van der Waals surface area contributed by atoms with Gasteiger partial charge in [0.1, 0.15) is 0 Å². The normalized spacial score (nSPS) is 26.6. The average molecular weight is 269 g/mol. The first kappa shape index (κ1) is 15.7. The largest absolute Gasteiger partial charge is 0.259 e. The highest BCUT2D eigenvalue weighted by Crippen LogP contribution is 2.28. The Labute approximate surface area is 115 Å². The van der Waals surface area contributed by atoms with E-state index >= 15 is 0 Å². The predicted octanol–water partition coefficient (Wildman–Crippen LogP) is 4.03. The number of unbranched alkanes of at least 4 members (excludes halogenated alkanes) is 1. The molecule has 1 aliphatic rings. The van der Waals surface area contributed by atoms with Crippen LogP contribution in [-0.2, 0) is 10.8 Å². The van der Waals surface area contributed by atoms with Crippen molar-refractivity contribution in [2.24, 2.45) is 11.3 Å². The molecule has 3 heteroatoms. The van der Waals surface area contributed by atoms with Gasteiger partial charge in [0.15, 0.2) is 0 Å². The topological polar surface area (TPSA) is 40.9 Å². The first-order valence-corrected chi connectivity index (χ1v) is 8.61. The maximum atomic E-state index is 12.2. The molecule has 1 fully saturated rings. The fraction of sp³-hybridized carbons (Fsp3) is 0.933. The second kappa shape index (κ2) is 7.28. The predicted molar refractivity (Wildman–Crippen MR) is 77.7 cm³/mol. The van der Waals surface area contributed by atoms with Crippen LogP contribution < -0.4 is 0 Å². The van der Waals surface area contributed by atoms with Gasteiger partial charge in [-0.15, -0.1) is 0 Å². The van der Waals surface area contributed by atoms with Crippen LogP contribution in [0.1, 0.15) is 65.7 Å². The minimum Gasteiger partial charge on any atom is -0.259 e. The van der Waals surface area contributed by atoms with Gasteiger partial charge in [-0.1, -0.05) is 26.2 Å². The summed E-state index contributed by atoms with van der Waals surface area (Å²) >= 11 is 0. The van der Waals surface area contributed by atoms with Crippen molar-refractivity contribution < 1.29 is 4.21 Å². The zero-order valence-corrected chi connectivity index (χ0v) is 12.9. The summed E-state index contributed by atoms with van der Waals surface area (Å²) in [5.41, 5.74) is -0.221. The Morgan fingerprint density at radius 1 is 1.33 bits per heavy atom. The lowest BCUT2D eigenvalue weighted by Crippen LogP contribution is -2.24. The number of hydrogen-bond acceptors (Lipinski definition) is 2. The minimum atomic E-state index is -0.640. The summed E-state index contributed by atoms with van der Waals surface area (Å²) in [6.07, 6.45) is 7.80. The molecule has 0 heterocycles. The van der Waals surface area contributed by atoms with Gasteiger partial charge in [0, 0.05) is 21.8 Å². The Morgan fingerprint density at radius 2 is 2.06 bits per heavy atom. The van der Waals surface area contributed by atoms with Crippen LogP contribution in [0.4, 0.5) is 0 Å². The molecule has 0 aromatic heterocycles. The molecule has 1 saturated carbocycles. The Balaban J connectivity index is 2.19. The molecule has 104 valence electrons. The molecule has 1 aliphatic carbocycles. The summed E-state index contributed by atoms with van der Waals surface area (Å²) < 4.78 is 12.2. The van der Waals surface area contributed by atoms with E-state index < -0.39 is 10.8 Å². The molecule has 3 unspecified atom stereocenters. The van der Waals surface area contributed by atoms with Crippen molar-refractivity contribution in [3.8, 4) is 6.07 Å². The highest BCUT2D eigenvalue weighted by molar-refractivity contribution is 7.85. The zero-order chi connectivity index (χ0) is 13.6. The standard InChI is InChI=1S/C15H27NOS/c1-13-7-6-8-14(11-13)18(17)10-5-4-9-15(2,3)12-16/h13-14H,4-11H2,1-3H3. The molecule has 0 saturated heterocycles. The van der Waals surface area contributed by atoms with Gasteiger partial charge < -0.3 is 0 Å². The summed E-state index contributed by atoms with van der Waals surface area (Å²) in [5, 5.41) is 9.37. The SMILES string of the molecule is CC1CCCC(S(=O)CCCCC(C)(C)C#N)C1. The minimum absolute atomic E-state index is 0.221. The zero-order valence-electron chi connectivity index (χ0n) is 12.1. The third kappa shape index (κ3) is 5.52.